The van der Waals surface area contributed by atoms with Crippen molar-refractivity contribution in [2.24, 2.45) is 0 Å². The molecule has 1 nitrogen and oxygen atoms in total. The van der Waals surface area contributed by atoms with E-state index in [1.54, 1.807) is 11.8 Å². The van der Waals surface area contributed by atoms with Crippen LogP contribution in [0.15, 0.2) is 41.3 Å². The van der Waals surface area contributed by atoms with Gasteiger partial charge in [-0.15, -0.1) is 11.8 Å². The molecule has 1 aromatic rings. The van der Waals surface area contributed by atoms with E-state index in [-0.39, 0.29) is 0 Å². The van der Waals surface area contributed by atoms with E-state index in [1.165, 1.54) is 4.90 Å². The molecule has 0 heterocycles. The summed E-state index contributed by atoms with van der Waals surface area (Å²) in [5, 5.41) is 9.72. The smallest absolute Gasteiger partial charge is 0.0971 e. The third kappa shape index (κ3) is 3.20. The molecular formula is C12H16OS. The second-order valence-electron chi connectivity index (χ2n) is 3.05. The number of allylic oxidation sites excluding steroid dienone is 1. The number of aliphatic hydroxyl groups is 1. The molecule has 0 saturated heterocycles. The van der Waals surface area contributed by atoms with Crippen LogP contribution in [0.5, 0.6) is 0 Å². The van der Waals surface area contributed by atoms with Gasteiger partial charge in [-0.25, -0.2) is 0 Å². The van der Waals surface area contributed by atoms with Crippen molar-refractivity contribution in [2.45, 2.75) is 24.3 Å². The second kappa shape index (κ2) is 5.89. The van der Waals surface area contributed by atoms with Gasteiger partial charge in [0.05, 0.1) is 6.10 Å². The first-order valence-electron chi connectivity index (χ1n) is 4.76. The number of aliphatic hydroxyl groups excluding tert-OH is 1. The minimum Gasteiger partial charge on any atom is -0.384 e. The first-order valence-corrected chi connectivity index (χ1v) is 5.99. The largest absolute Gasteiger partial charge is 0.384 e. The van der Waals surface area contributed by atoms with Gasteiger partial charge < -0.3 is 5.11 Å². The van der Waals surface area contributed by atoms with Gasteiger partial charge in [0.15, 0.2) is 0 Å². The minimum absolute atomic E-state index is 0.467. The number of thioether (sulfide) groups is 1. The molecule has 0 aliphatic carbocycles. The highest BCUT2D eigenvalue weighted by atomic mass is 32.2. The van der Waals surface area contributed by atoms with Gasteiger partial charge in [-0.05, 0) is 30.4 Å². The van der Waals surface area contributed by atoms with Crippen LogP contribution in [0.1, 0.15) is 25.0 Å². The molecule has 0 amide bonds. The van der Waals surface area contributed by atoms with E-state index >= 15 is 0 Å². The van der Waals surface area contributed by atoms with Crippen molar-refractivity contribution in [3.05, 3.63) is 42.0 Å². The first-order chi connectivity index (χ1) is 6.77. The van der Waals surface area contributed by atoms with Crippen molar-refractivity contribution >= 4 is 11.8 Å². The average molecular weight is 208 g/mol. The molecule has 14 heavy (non-hydrogen) atoms. The lowest BCUT2D eigenvalue weighted by Gasteiger charge is -2.06. The molecule has 0 fully saturated rings. The molecule has 0 aromatic heterocycles. The van der Waals surface area contributed by atoms with Gasteiger partial charge in [0, 0.05) is 4.90 Å². The Balaban J connectivity index is 2.71. The molecular weight excluding hydrogens is 192 g/mol. The van der Waals surface area contributed by atoms with Crippen LogP contribution in [-0.4, -0.2) is 11.4 Å². The third-order valence-electron chi connectivity index (χ3n) is 2.01. The van der Waals surface area contributed by atoms with Gasteiger partial charge in [-0.2, -0.15) is 0 Å². The lowest BCUT2D eigenvalue weighted by atomic mass is 10.1. The summed E-state index contributed by atoms with van der Waals surface area (Å²) >= 11 is 1.71. The Morgan fingerprint density at radius 1 is 1.36 bits per heavy atom. The fourth-order valence-corrected chi connectivity index (χ4v) is 1.59. The van der Waals surface area contributed by atoms with Crippen LogP contribution in [0, 0.1) is 0 Å². The van der Waals surface area contributed by atoms with E-state index in [2.05, 4.69) is 6.92 Å². The van der Waals surface area contributed by atoms with Gasteiger partial charge in [0.2, 0.25) is 0 Å². The van der Waals surface area contributed by atoms with Crippen LogP contribution >= 0.6 is 11.8 Å². The molecule has 0 radical (unpaired) electrons. The van der Waals surface area contributed by atoms with Gasteiger partial charge >= 0.3 is 0 Å². The summed E-state index contributed by atoms with van der Waals surface area (Å²) in [7, 11) is 0. The zero-order chi connectivity index (χ0) is 10.4. The Hall–Kier alpha value is -0.730. The molecule has 0 spiro atoms. The van der Waals surface area contributed by atoms with Crippen LogP contribution < -0.4 is 0 Å². The van der Waals surface area contributed by atoms with Crippen molar-refractivity contribution in [1.82, 2.24) is 0 Å². The standard InChI is InChI=1S/C12H16OS/c1-3-4-5-12(13)10-6-8-11(14-2)9-7-10/h4-9,12-13H,3H2,1-2H3/b5-4+. The Morgan fingerprint density at radius 2 is 2.00 bits per heavy atom. The summed E-state index contributed by atoms with van der Waals surface area (Å²) in [6.45, 7) is 2.06. The first kappa shape index (κ1) is 11.3. The molecule has 0 aliphatic rings. The highest BCUT2D eigenvalue weighted by molar-refractivity contribution is 7.98. The maximum Gasteiger partial charge on any atom is 0.0971 e. The van der Waals surface area contributed by atoms with E-state index in [0.29, 0.717) is 0 Å². The van der Waals surface area contributed by atoms with Crippen LogP contribution in [0.25, 0.3) is 0 Å². The summed E-state index contributed by atoms with van der Waals surface area (Å²) < 4.78 is 0. The van der Waals surface area contributed by atoms with Crippen LogP contribution in [0.4, 0.5) is 0 Å². The average Bonchev–Trinajstić information content (AvgIpc) is 2.26. The molecule has 1 aromatic carbocycles. The minimum atomic E-state index is -0.467. The van der Waals surface area contributed by atoms with E-state index in [1.807, 2.05) is 42.7 Å². The molecule has 76 valence electrons. The number of rotatable bonds is 4. The van der Waals surface area contributed by atoms with E-state index in [9.17, 15) is 5.11 Å². The van der Waals surface area contributed by atoms with Crippen molar-refractivity contribution in [1.29, 1.82) is 0 Å². The van der Waals surface area contributed by atoms with Crippen LogP contribution in [0.2, 0.25) is 0 Å². The summed E-state index contributed by atoms with van der Waals surface area (Å²) in [4.78, 5) is 1.22. The Labute approximate surface area is 89.8 Å². The normalized spacial score (nSPS) is 13.4. The number of benzene rings is 1. The molecule has 1 rings (SSSR count). The predicted octanol–water partition coefficient (Wildman–Crippen LogP) is 3.41. The fourth-order valence-electron chi connectivity index (χ4n) is 1.18. The lowest BCUT2D eigenvalue weighted by molar-refractivity contribution is 0.228. The molecule has 0 bridgehead atoms. The number of hydrogen-bond donors (Lipinski definition) is 1. The maximum absolute atomic E-state index is 9.72. The zero-order valence-corrected chi connectivity index (χ0v) is 9.42. The van der Waals surface area contributed by atoms with Gasteiger partial charge in [0.25, 0.3) is 0 Å². The Kier molecular flexibility index (Phi) is 4.77. The van der Waals surface area contributed by atoms with Crippen molar-refractivity contribution < 1.29 is 5.11 Å². The summed E-state index contributed by atoms with van der Waals surface area (Å²) in [6.07, 6.45) is 6.34. The molecule has 1 unspecified atom stereocenters. The van der Waals surface area contributed by atoms with E-state index < -0.39 is 6.10 Å². The lowest BCUT2D eigenvalue weighted by Crippen LogP contribution is -1.92. The maximum atomic E-state index is 9.72. The number of hydrogen-bond acceptors (Lipinski definition) is 2. The SMILES string of the molecule is CC/C=C/C(O)c1ccc(SC)cc1. The highest BCUT2D eigenvalue weighted by Crippen LogP contribution is 2.19. The van der Waals surface area contributed by atoms with E-state index in [0.717, 1.165) is 12.0 Å². The molecule has 1 N–H and O–H groups in total. The van der Waals surface area contributed by atoms with Crippen LogP contribution in [0.3, 0.4) is 0 Å². The molecule has 0 saturated carbocycles. The summed E-state index contributed by atoms with van der Waals surface area (Å²) in [5.74, 6) is 0. The van der Waals surface area contributed by atoms with E-state index in [4.69, 9.17) is 0 Å². The highest BCUT2D eigenvalue weighted by Gasteiger charge is 2.01. The van der Waals surface area contributed by atoms with Gasteiger partial charge in [-0.1, -0.05) is 31.2 Å². The second-order valence-corrected chi connectivity index (χ2v) is 3.93. The molecule has 1 atom stereocenters. The topological polar surface area (TPSA) is 20.2 Å². The van der Waals surface area contributed by atoms with Crippen LogP contribution in [-0.2, 0) is 0 Å². The Morgan fingerprint density at radius 3 is 2.50 bits per heavy atom. The van der Waals surface area contributed by atoms with Crippen molar-refractivity contribution in [3.8, 4) is 0 Å². The summed E-state index contributed by atoms with van der Waals surface area (Å²) in [5.41, 5.74) is 0.951. The Bertz CT molecular complexity index is 290. The van der Waals surface area contributed by atoms with Gasteiger partial charge in [-0.3, -0.25) is 0 Å². The monoisotopic (exact) mass is 208 g/mol. The molecule has 2 heteroatoms. The predicted molar refractivity (Wildman–Crippen MR) is 62.6 cm³/mol. The van der Waals surface area contributed by atoms with Crippen molar-refractivity contribution in [3.63, 3.8) is 0 Å². The summed E-state index contributed by atoms with van der Waals surface area (Å²) in [6, 6.07) is 8.00. The molecule has 0 aliphatic heterocycles. The third-order valence-corrected chi connectivity index (χ3v) is 2.75. The van der Waals surface area contributed by atoms with Gasteiger partial charge in [0.1, 0.15) is 0 Å². The quantitative estimate of drug-likeness (QED) is 0.604. The van der Waals surface area contributed by atoms with Crippen molar-refractivity contribution in [2.75, 3.05) is 6.26 Å². The zero-order valence-electron chi connectivity index (χ0n) is 8.60. The fraction of sp³-hybridized carbons (Fsp3) is 0.333.